The van der Waals surface area contributed by atoms with Crippen LogP contribution in [0.3, 0.4) is 0 Å². The number of hydrogen-bond donors (Lipinski definition) is 1. The molecule has 5 rings (SSSR count). The normalized spacial score (nSPS) is 15.8. The standard InChI is InChI=1S/C28H24F2N4O2S/c1-3-28(29,30)20-8-7-9-21(16-20)31-26(35)25-18(2)32-34(27(25)36)22-13-12-19-14-15-33(24(19)17-22)37-23-10-5-4-6-11-23/h4-17,25H,3H2,1-2H3,(H,31,35). The zero-order chi connectivity index (χ0) is 26.2. The highest BCUT2D eigenvalue weighted by Crippen LogP contribution is 2.34. The smallest absolute Gasteiger partial charge is 0.273 e. The van der Waals surface area contributed by atoms with Gasteiger partial charge in [-0.2, -0.15) is 10.1 Å². The number of aromatic nitrogens is 1. The van der Waals surface area contributed by atoms with E-state index in [1.165, 1.54) is 36.2 Å². The first-order valence-electron chi connectivity index (χ1n) is 11.8. The van der Waals surface area contributed by atoms with Crippen molar-refractivity contribution in [2.24, 2.45) is 11.0 Å². The molecular formula is C28H24F2N4O2S. The number of hydrogen-bond acceptors (Lipinski definition) is 4. The van der Waals surface area contributed by atoms with Gasteiger partial charge in [0.1, 0.15) is 0 Å². The molecule has 0 fully saturated rings. The summed E-state index contributed by atoms with van der Waals surface area (Å²) < 4.78 is 30.2. The number of amides is 2. The molecule has 0 spiro atoms. The molecule has 0 bridgehead atoms. The minimum atomic E-state index is -3.01. The molecule has 3 aromatic carbocycles. The van der Waals surface area contributed by atoms with Crippen LogP contribution in [-0.2, 0) is 15.5 Å². The molecule has 9 heteroatoms. The molecule has 1 unspecified atom stereocenters. The van der Waals surface area contributed by atoms with Gasteiger partial charge in [0.15, 0.2) is 5.92 Å². The van der Waals surface area contributed by atoms with Crippen molar-refractivity contribution in [1.82, 2.24) is 3.97 Å². The number of carbonyl (C=O) groups excluding carboxylic acids is 2. The maximum atomic E-state index is 14.1. The average molecular weight is 519 g/mol. The highest BCUT2D eigenvalue weighted by molar-refractivity contribution is 7.98. The van der Waals surface area contributed by atoms with E-state index in [2.05, 4.69) is 10.4 Å². The first-order chi connectivity index (χ1) is 17.8. The maximum absolute atomic E-state index is 14.1. The third-order valence-electron chi connectivity index (χ3n) is 6.22. The molecule has 0 saturated carbocycles. The molecule has 0 saturated heterocycles. The molecule has 1 aliphatic rings. The second-order valence-corrected chi connectivity index (χ2v) is 9.79. The highest BCUT2D eigenvalue weighted by Gasteiger charge is 2.40. The number of nitrogens with one attached hydrogen (secondary N) is 1. The van der Waals surface area contributed by atoms with E-state index in [0.717, 1.165) is 15.8 Å². The van der Waals surface area contributed by atoms with E-state index < -0.39 is 23.7 Å². The largest absolute Gasteiger partial charge is 0.325 e. The molecule has 0 radical (unpaired) electrons. The van der Waals surface area contributed by atoms with Gasteiger partial charge in [-0.1, -0.05) is 43.3 Å². The van der Waals surface area contributed by atoms with Crippen molar-refractivity contribution in [2.45, 2.75) is 31.1 Å². The van der Waals surface area contributed by atoms with Crippen LogP contribution in [0.25, 0.3) is 10.9 Å². The highest BCUT2D eigenvalue weighted by atomic mass is 32.2. The predicted octanol–water partition coefficient (Wildman–Crippen LogP) is 6.68. The fourth-order valence-corrected chi connectivity index (χ4v) is 5.08. The number of fused-ring (bicyclic) bond motifs is 1. The fourth-order valence-electron chi connectivity index (χ4n) is 4.19. The lowest BCUT2D eigenvalue weighted by atomic mass is 10.0. The van der Waals surface area contributed by atoms with Gasteiger partial charge in [0, 0.05) is 34.2 Å². The van der Waals surface area contributed by atoms with Crippen LogP contribution in [0, 0.1) is 5.92 Å². The molecule has 0 aliphatic carbocycles. The van der Waals surface area contributed by atoms with Crippen LogP contribution >= 0.6 is 11.9 Å². The first-order valence-corrected chi connectivity index (χ1v) is 12.6. The van der Waals surface area contributed by atoms with E-state index in [1.807, 2.05) is 58.7 Å². The Morgan fingerprint density at radius 2 is 1.84 bits per heavy atom. The number of benzene rings is 3. The van der Waals surface area contributed by atoms with Gasteiger partial charge >= 0.3 is 0 Å². The average Bonchev–Trinajstić information content (AvgIpc) is 3.43. The van der Waals surface area contributed by atoms with Crippen molar-refractivity contribution >= 4 is 51.8 Å². The van der Waals surface area contributed by atoms with E-state index in [4.69, 9.17) is 0 Å². The molecule has 188 valence electrons. The van der Waals surface area contributed by atoms with Crippen molar-refractivity contribution in [3.63, 3.8) is 0 Å². The van der Waals surface area contributed by atoms with E-state index in [0.29, 0.717) is 11.4 Å². The third-order valence-corrected chi connectivity index (χ3v) is 7.22. The number of nitrogens with zero attached hydrogens (tertiary/aromatic N) is 3. The summed E-state index contributed by atoms with van der Waals surface area (Å²) in [5.74, 6) is -5.28. The molecule has 6 nitrogen and oxygen atoms in total. The minimum Gasteiger partial charge on any atom is -0.325 e. The summed E-state index contributed by atoms with van der Waals surface area (Å²) in [5, 5.41) is 9.19. The molecule has 1 aliphatic heterocycles. The number of carbonyl (C=O) groups is 2. The molecule has 2 heterocycles. The third kappa shape index (κ3) is 4.86. The number of anilines is 2. The van der Waals surface area contributed by atoms with Gasteiger partial charge in [0.05, 0.1) is 16.9 Å². The summed E-state index contributed by atoms with van der Waals surface area (Å²) in [6.07, 6.45) is 1.60. The molecule has 4 aromatic rings. The van der Waals surface area contributed by atoms with Crippen LogP contribution in [0.1, 0.15) is 25.8 Å². The van der Waals surface area contributed by atoms with Crippen LogP contribution in [0.4, 0.5) is 20.2 Å². The van der Waals surface area contributed by atoms with Gasteiger partial charge in [-0.05, 0) is 61.3 Å². The summed E-state index contributed by atoms with van der Waals surface area (Å²) in [7, 11) is 0. The summed E-state index contributed by atoms with van der Waals surface area (Å²) in [5.41, 5.74) is 1.76. The number of alkyl halides is 2. The van der Waals surface area contributed by atoms with Gasteiger partial charge in [-0.3, -0.25) is 13.6 Å². The molecule has 37 heavy (non-hydrogen) atoms. The van der Waals surface area contributed by atoms with Crippen molar-refractivity contribution in [3.05, 3.63) is 90.6 Å². The summed E-state index contributed by atoms with van der Waals surface area (Å²) >= 11 is 1.55. The van der Waals surface area contributed by atoms with Gasteiger partial charge in [-0.15, -0.1) is 0 Å². The lowest BCUT2D eigenvalue weighted by Gasteiger charge is -2.17. The Morgan fingerprint density at radius 3 is 2.59 bits per heavy atom. The second-order valence-electron chi connectivity index (χ2n) is 8.74. The predicted molar refractivity (Wildman–Crippen MR) is 143 cm³/mol. The van der Waals surface area contributed by atoms with Crippen LogP contribution in [0.5, 0.6) is 0 Å². The van der Waals surface area contributed by atoms with Crippen LogP contribution in [0.15, 0.2) is 95.1 Å². The minimum absolute atomic E-state index is 0.192. The van der Waals surface area contributed by atoms with Gasteiger partial charge < -0.3 is 5.32 Å². The van der Waals surface area contributed by atoms with Crippen molar-refractivity contribution in [3.8, 4) is 0 Å². The first kappa shape index (κ1) is 24.7. The van der Waals surface area contributed by atoms with E-state index in [1.54, 1.807) is 24.9 Å². The molecule has 2 amide bonds. The molecular weight excluding hydrogens is 494 g/mol. The Kier molecular flexibility index (Phi) is 6.55. The zero-order valence-electron chi connectivity index (χ0n) is 20.2. The molecule has 1 N–H and O–H groups in total. The summed E-state index contributed by atoms with van der Waals surface area (Å²) in [6, 6.07) is 23.0. The summed E-state index contributed by atoms with van der Waals surface area (Å²) in [6.45, 7) is 3.00. The van der Waals surface area contributed by atoms with Gasteiger partial charge in [-0.25, -0.2) is 8.78 Å². The monoisotopic (exact) mass is 518 g/mol. The lowest BCUT2D eigenvalue weighted by molar-refractivity contribution is -0.127. The quantitative estimate of drug-likeness (QED) is 0.278. The lowest BCUT2D eigenvalue weighted by Crippen LogP contribution is -2.36. The Morgan fingerprint density at radius 1 is 1.05 bits per heavy atom. The Hall–Kier alpha value is -3.98. The Labute approximate surface area is 217 Å². The van der Waals surface area contributed by atoms with Gasteiger partial charge in [0.25, 0.3) is 11.8 Å². The summed E-state index contributed by atoms with van der Waals surface area (Å²) in [4.78, 5) is 27.4. The number of hydrazone groups is 1. The van der Waals surface area contributed by atoms with Gasteiger partial charge in [0.2, 0.25) is 5.91 Å². The van der Waals surface area contributed by atoms with Crippen molar-refractivity contribution < 1.29 is 18.4 Å². The van der Waals surface area contributed by atoms with Crippen LogP contribution in [-0.4, -0.2) is 21.5 Å². The Bertz CT molecular complexity index is 1520. The fraction of sp³-hybridized carbons (Fsp3) is 0.179. The zero-order valence-corrected chi connectivity index (χ0v) is 21.0. The van der Waals surface area contributed by atoms with E-state index in [9.17, 15) is 18.4 Å². The second kappa shape index (κ2) is 9.82. The number of halogens is 2. The molecule has 1 atom stereocenters. The van der Waals surface area contributed by atoms with E-state index in [-0.39, 0.29) is 17.7 Å². The Balaban J connectivity index is 1.37. The topological polar surface area (TPSA) is 66.7 Å². The van der Waals surface area contributed by atoms with Crippen molar-refractivity contribution in [2.75, 3.05) is 10.3 Å². The van der Waals surface area contributed by atoms with Crippen LogP contribution in [0.2, 0.25) is 0 Å². The molecule has 1 aromatic heterocycles. The number of rotatable bonds is 7. The van der Waals surface area contributed by atoms with Crippen LogP contribution < -0.4 is 10.3 Å². The maximum Gasteiger partial charge on any atom is 0.273 e. The van der Waals surface area contributed by atoms with Crippen molar-refractivity contribution in [1.29, 1.82) is 0 Å². The SMILES string of the molecule is CCC(F)(F)c1cccc(NC(=O)C2C(=O)N(c3ccc4ccn(Sc5ccccc5)c4c3)N=C2C)c1. The van der Waals surface area contributed by atoms with E-state index >= 15 is 0 Å².